The summed E-state index contributed by atoms with van der Waals surface area (Å²) in [4.78, 5) is 21.9. The van der Waals surface area contributed by atoms with Gasteiger partial charge in [0.15, 0.2) is 0 Å². The molecule has 6 heteroatoms. The number of nitrogens with two attached hydrogens (primary N) is 1. The van der Waals surface area contributed by atoms with Gasteiger partial charge in [0.25, 0.3) is 5.69 Å². The first-order valence-electron chi connectivity index (χ1n) is 6.28. The highest BCUT2D eigenvalue weighted by Crippen LogP contribution is 2.19. The van der Waals surface area contributed by atoms with Crippen LogP contribution in [0.1, 0.15) is 37.8 Å². The molecule has 0 saturated heterocycles. The maximum atomic E-state index is 11.6. The minimum atomic E-state index is -0.445. The monoisotopic (exact) mass is 265 g/mol. The van der Waals surface area contributed by atoms with E-state index in [1.807, 2.05) is 0 Å². The first-order valence-corrected chi connectivity index (χ1v) is 6.28. The molecule has 104 valence electrons. The SMILES string of the molecule is CC(NC(=O)CCCCN)c1cccc([N+](=O)[O-])c1. The van der Waals surface area contributed by atoms with E-state index in [2.05, 4.69) is 5.32 Å². The van der Waals surface area contributed by atoms with Gasteiger partial charge in [0.1, 0.15) is 0 Å². The van der Waals surface area contributed by atoms with Crippen LogP contribution in [0.5, 0.6) is 0 Å². The molecule has 0 heterocycles. The minimum absolute atomic E-state index is 0.0294. The molecular formula is C13H19N3O3. The number of rotatable bonds is 7. The molecule has 1 amide bonds. The fourth-order valence-electron chi connectivity index (χ4n) is 1.73. The van der Waals surface area contributed by atoms with Crippen molar-refractivity contribution in [2.45, 2.75) is 32.2 Å². The molecule has 1 atom stereocenters. The molecular weight excluding hydrogens is 246 g/mol. The Morgan fingerprint density at radius 3 is 2.84 bits per heavy atom. The molecule has 3 N–H and O–H groups in total. The lowest BCUT2D eigenvalue weighted by molar-refractivity contribution is -0.384. The standard InChI is InChI=1S/C13H19N3O3/c1-10(15-13(17)7-2-3-8-14)11-5-4-6-12(9-11)16(18)19/h4-6,9-10H,2-3,7-8,14H2,1H3,(H,15,17). The number of carbonyl (C=O) groups is 1. The van der Waals surface area contributed by atoms with Gasteiger partial charge in [-0.05, 0) is 31.9 Å². The van der Waals surface area contributed by atoms with Crippen LogP contribution < -0.4 is 11.1 Å². The number of carbonyl (C=O) groups excluding carboxylic acids is 1. The van der Waals surface area contributed by atoms with Crippen LogP contribution in [0, 0.1) is 10.1 Å². The summed E-state index contributed by atoms with van der Waals surface area (Å²) in [5.74, 6) is -0.0625. The summed E-state index contributed by atoms with van der Waals surface area (Å²) in [5.41, 5.74) is 6.11. The second-order valence-electron chi connectivity index (χ2n) is 4.39. The summed E-state index contributed by atoms with van der Waals surface area (Å²) >= 11 is 0. The van der Waals surface area contributed by atoms with Crippen LogP contribution in [0.15, 0.2) is 24.3 Å². The molecule has 0 aromatic heterocycles. The normalized spacial score (nSPS) is 11.9. The van der Waals surface area contributed by atoms with Gasteiger partial charge in [0, 0.05) is 18.6 Å². The average molecular weight is 265 g/mol. The van der Waals surface area contributed by atoms with E-state index in [0.29, 0.717) is 13.0 Å². The topological polar surface area (TPSA) is 98.3 Å². The van der Waals surface area contributed by atoms with Crippen molar-refractivity contribution < 1.29 is 9.72 Å². The summed E-state index contributed by atoms with van der Waals surface area (Å²) in [5, 5.41) is 13.5. The van der Waals surface area contributed by atoms with Gasteiger partial charge in [-0.1, -0.05) is 12.1 Å². The third-order valence-corrected chi connectivity index (χ3v) is 2.82. The predicted molar refractivity (Wildman–Crippen MR) is 72.6 cm³/mol. The van der Waals surface area contributed by atoms with Gasteiger partial charge in [-0.25, -0.2) is 0 Å². The summed E-state index contributed by atoms with van der Waals surface area (Å²) in [6.45, 7) is 2.38. The number of non-ortho nitro benzene ring substituents is 1. The van der Waals surface area contributed by atoms with E-state index in [1.54, 1.807) is 19.1 Å². The Morgan fingerprint density at radius 1 is 1.47 bits per heavy atom. The Morgan fingerprint density at radius 2 is 2.21 bits per heavy atom. The fourth-order valence-corrected chi connectivity index (χ4v) is 1.73. The maximum absolute atomic E-state index is 11.6. The van der Waals surface area contributed by atoms with Crippen LogP contribution in [-0.2, 0) is 4.79 Å². The molecule has 0 saturated carbocycles. The Kier molecular flexibility index (Phi) is 5.95. The van der Waals surface area contributed by atoms with Crippen molar-refractivity contribution in [3.8, 4) is 0 Å². The summed E-state index contributed by atoms with van der Waals surface area (Å²) in [7, 11) is 0. The number of amides is 1. The molecule has 1 rings (SSSR count). The second-order valence-corrected chi connectivity index (χ2v) is 4.39. The van der Waals surface area contributed by atoms with E-state index < -0.39 is 4.92 Å². The number of nitrogens with one attached hydrogen (secondary N) is 1. The number of hydrogen-bond acceptors (Lipinski definition) is 4. The van der Waals surface area contributed by atoms with E-state index in [4.69, 9.17) is 5.73 Å². The predicted octanol–water partition coefficient (Wildman–Crippen LogP) is 1.90. The smallest absolute Gasteiger partial charge is 0.269 e. The molecule has 0 aliphatic heterocycles. The zero-order valence-electron chi connectivity index (χ0n) is 11.0. The number of unbranched alkanes of at least 4 members (excludes halogenated alkanes) is 1. The zero-order valence-corrected chi connectivity index (χ0v) is 11.0. The Bertz CT molecular complexity index is 449. The minimum Gasteiger partial charge on any atom is -0.350 e. The molecule has 1 aromatic carbocycles. The van der Waals surface area contributed by atoms with E-state index in [-0.39, 0.29) is 17.6 Å². The number of nitro groups is 1. The molecule has 0 aliphatic carbocycles. The Hall–Kier alpha value is -1.95. The maximum Gasteiger partial charge on any atom is 0.269 e. The third-order valence-electron chi connectivity index (χ3n) is 2.82. The van der Waals surface area contributed by atoms with Gasteiger partial charge in [-0.2, -0.15) is 0 Å². The molecule has 0 aliphatic rings. The molecule has 0 spiro atoms. The lowest BCUT2D eigenvalue weighted by Gasteiger charge is -2.14. The van der Waals surface area contributed by atoms with Crippen molar-refractivity contribution in [1.82, 2.24) is 5.32 Å². The van der Waals surface area contributed by atoms with Crippen LogP contribution in [0.25, 0.3) is 0 Å². The molecule has 1 aromatic rings. The molecule has 6 nitrogen and oxygen atoms in total. The van der Waals surface area contributed by atoms with E-state index in [1.165, 1.54) is 12.1 Å². The number of nitrogens with zero attached hydrogens (tertiary/aromatic N) is 1. The van der Waals surface area contributed by atoms with Crippen molar-refractivity contribution in [2.75, 3.05) is 6.54 Å². The van der Waals surface area contributed by atoms with E-state index in [0.717, 1.165) is 18.4 Å². The Balaban J connectivity index is 2.57. The van der Waals surface area contributed by atoms with Gasteiger partial charge in [-0.3, -0.25) is 14.9 Å². The first kappa shape index (κ1) is 15.1. The van der Waals surface area contributed by atoms with Crippen LogP contribution in [-0.4, -0.2) is 17.4 Å². The summed E-state index contributed by atoms with van der Waals surface area (Å²) in [6, 6.07) is 6.04. The molecule has 0 radical (unpaired) electrons. The van der Waals surface area contributed by atoms with Gasteiger partial charge in [-0.15, -0.1) is 0 Å². The number of benzene rings is 1. The van der Waals surface area contributed by atoms with Crippen molar-refractivity contribution in [3.05, 3.63) is 39.9 Å². The Labute approximate surface area is 112 Å². The molecule has 0 fully saturated rings. The zero-order chi connectivity index (χ0) is 14.3. The third kappa shape index (κ3) is 5.05. The molecule has 0 bridgehead atoms. The largest absolute Gasteiger partial charge is 0.350 e. The lowest BCUT2D eigenvalue weighted by Crippen LogP contribution is -2.26. The fraction of sp³-hybridized carbons (Fsp3) is 0.462. The van der Waals surface area contributed by atoms with Gasteiger partial charge < -0.3 is 11.1 Å². The van der Waals surface area contributed by atoms with Gasteiger partial charge >= 0.3 is 0 Å². The first-order chi connectivity index (χ1) is 9.04. The van der Waals surface area contributed by atoms with Crippen LogP contribution >= 0.6 is 0 Å². The van der Waals surface area contributed by atoms with E-state index >= 15 is 0 Å². The van der Waals surface area contributed by atoms with Gasteiger partial charge in [0.05, 0.1) is 11.0 Å². The van der Waals surface area contributed by atoms with Crippen LogP contribution in [0.3, 0.4) is 0 Å². The highest BCUT2D eigenvalue weighted by molar-refractivity contribution is 5.76. The van der Waals surface area contributed by atoms with Crippen molar-refractivity contribution >= 4 is 11.6 Å². The van der Waals surface area contributed by atoms with Crippen LogP contribution in [0.2, 0.25) is 0 Å². The average Bonchev–Trinajstić information content (AvgIpc) is 2.39. The lowest BCUT2D eigenvalue weighted by atomic mass is 10.1. The molecule has 1 unspecified atom stereocenters. The highest BCUT2D eigenvalue weighted by Gasteiger charge is 2.12. The van der Waals surface area contributed by atoms with Crippen molar-refractivity contribution in [3.63, 3.8) is 0 Å². The van der Waals surface area contributed by atoms with Gasteiger partial charge in [0.2, 0.25) is 5.91 Å². The van der Waals surface area contributed by atoms with E-state index in [9.17, 15) is 14.9 Å². The summed E-state index contributed by atoms with van der Waals surface area (Å²) in [6.07, 6.45) is 2.00. The van der Waals surface area contributed by atoms with Crippen molar-refractivity contribution in [2.24, 2.45) is 5.73 Å². The second kappa shape index (κ2) is 7.48. The molecule has 19 heavy (non-hydrogen) atoms. The number of hydrogen-bond donors (Lipinski definition) is 2. The summed E-state index contributed by atoms with van der Waals surface area (Å²) < 4.78 is 0. The van der Waals surface area contributed by atoms with Crippen LogP contribution in [0.4, 0.5) is 5.69 Å². The van der Waals surface area contributed by atoms with Crippen molar-refractivity contribution in [1.29, 1.82) is 0 Å². The quantitative estimate of drug-likeness (QED) is 0.447. The number of nitro benzene ring substituents is 1. The highest BCUT2D eigenvalue weighted by atomic mass is 16.6.